The third-order valence-electron chi connectivity index (χ3n) is 5.11. The molecule has 2 bridgehead atoms. The summed E-state index contributed by atoms with van der Waals surface area (Å²) in [7, 11) is 1.63. The molecule has 9 nitrogen and oxygen atoms in total. The van der Waals surface area contributed by atoms with Crippen LogP contribution < -0.4 is 26.0 Å². The standard InChI is InChI=1S/C23H29N3O6/c1-30-18-10-15-5-4-8-31-21(12-17(24)13-22(27)26-29)23(28)25-19-6-2-3-7-20(19)32-14-16(9-15)11-18/h2-3,6-7,9-11,17,21,29H,4-5,8,12-14,24H2,1H3,(H,25,28)(H,26,27)/t17-,21+/m1/s1. The van der Waals surface area contributed by atoms with Crippen LogP contribution in [0.5, 0.6) is 11.5 Å². The fraction of sp³-hybridized carbons (Fsp3) is 0.391. The second-order valence-corrected chi connectivity index (χ2v) is 7.66. The summed E-state index contributed by atoms with van der Waals surface area (Å²) in [5.41, 5.74) is 10.1. The van der Waals surface area contributed by atoms with Crippen LogP contribution in [0, 0.1) is 0 Å². The summed E-state index contributed by atoms with van der Waals surface area (Å²) >= 11 is 0. The second kappa shape index (κ2) is 11.5. The van der Waals surface area contributed by atoms with Crippen LogP contribution in [0.25, 0.3) is 0 Å². The molecule has 2 aromatic carbocycles. The van der Waals surface area contributed by atoms with Gasteiger partial charge in [0.05, 0.1) is 12.8 Å². The molecule has 2 atom stereocenters. The van der Waals surface area contributed by atoms with Crippen molar-refractivity contribution in [3.8, 4) is 11.5 Å². The Morgan fingerprint density at radius 2 is 2.09 bits per heavy atom. The number of carbonyl (C=O) groups is 2. The van der Waals surface area contributed by atoms with Gasteiger partial charge in [-0.05, 0) is 54.7 Å². The number of nitrogens with two attached hydrogens (primary N) is 1. The maximum Gasteiger partial charge on any atom is 0.253 e. The fourth-order valence-electron chi connectivity index (χ4n) is 3.54. The van der Waals surface area contributed by atoms with Gasteiger partial charge in [0.2, 0.25) is 5.91 Å². The molecule has 9 heteroatoms. The zero-order valence-corrected chi connectivity index (χ0v) is 18.0. The molecule has 0 saturated carbocycles. The molecular formula is C23H29N3O6. The molecule has 0 saturated heterocycles. The van der Waals surface area contributed by atoms with E-state index in [0.29, 0.717) is 31.1 Å². The first-order valence-corrected chi connectivity index (χ1v) is 10.5. The molecule has 1 aliphatic rings. The van der Waals surface area contributed by atoms with E-state index >= 15 is 0 Å². The number of hydrogen-bond acceptors (Lipinski definition) is 7. The summed E-state index contributed by atoms with van der Waals surface area (Å²) in [6.45, 7) is 0.653. The van der Waals surface area contributed by atoms with Crippen molar-refractivity contribution in [3.63, 3.8) is 0 Å². The molecule has 0 unspecified atom stereocenters. The van der Waals surface area contributed by atoms with Gasteiger partial charge in [-0.25, -0.2) is 5.48 Å². The van der Waals surface area contributed by atoms with Crippen LogP contribution in [-0.4, -0.2) is 42.9 Å². The number of methoxy groups -OCH3 is 1. The number of fused-ring (bicyclic) bond motifs is 3. The van der Waals surface area contributed by atoms with Crippen LogP contribution in [0.1, 0.15) is 30.4 Å². The van der Waals surface area contributed by atoms with E-state index in [0.717, 1.165) is 23.3 Å². The molecule has 0 fully saturated rings. The van der Waals surface area contributed by atoms with Crippen molar-refractivity contribution in [2.24, 2.45) is 5.73 Å². The largest absolute Gasteiger partial charge is 0.497 e. The van der Waals surface area contributed by atoms with Crippen molar-refractivity contribution in [3.05, 3.63) is 53.6 Å². The second-order valence-electron chi connectivity index (χ2n) is 7.66. The Labute approximate surface area is 186 Å². The lowest BCUT2D eigenvalue weighted by Gasteiger charge is -2.22. The molecule has 1 heterocycles. The van der Waals surface area contributed by atoms with Gasteiger partial charge in [0.25, 0.3) is 5.91 Å². The lowest BCUT2D eigenvalue weighted by molar-refractivity contribution is -0.131. The Bertz CT molecular complexity index is 936. The summed E-state index contributed by atoms with van der Waals surface area (Å²) < 4.78 is 17.3. The molecular weight excluding hydrogens is 414 g/mol. The van der Waals surface area contributed by atoms with Gasteiger partial charge < -0.3 is 25.3 Å². The van der Waals surface area contributed by atoms with Crippen LogP contribution in [0.2, 0.25) is 0 Å². The number of hydroxylamine groups is 1. The van der Waals surface area contributed by atoms with Crippen LogP contribution in [0.3, 0.4) is 0 Å². The smallest absolute Gasteiger partial charge is 0.253 e. The molecule has 2 aromatic rings. The summed E-state index contributed by atoms with van der Waals surface area (Å²) in [4.78, 5) is 24.4. The average Bonchev–Trinajstić information content (AvgIpc) is 2.79. The van der Waals surface area contributed by atoms with Gasteiger partial charge in [0.15, 0.2) is 0 Å². The highest BCUT2D eigenvalue weighted by atomic mass is 16.5. The number of anilines is 1. The number of hydrogen-bond donors (Lipinski definition) is 4. The molecule has 32 heavy (non-hydrogen) atoms. The Morgan fingerprint density at radius 1 is 1.31 bits per heavy atom. The number of benzene rings is 2. The molecule has 0 aromatic heterocycles. The van der Waals surface area contributed by atoms with Crippen molar-refractivity contribution >= 4 is 17.5 Å². The van der Waals surface area contributed by atoms with Crippen molar-refractivity contribution < 1.29 is 29.0 Å². The summed E-state index contributed by atoms with van der Waals surface area (Å²) in [6.07, 6.45) is 0.531. The Hall–Kier alpha value is -3.14. The third-order valence-corrected chi connectivity index (χ3v) is 5.11. The molecule has 0 radical (unpaired) electrons. The van der Waals surface area contributed by atoms with Gasteiger partial charge in [-0.1, -0.05) is 18.2 Å². The van der Waals surface area contributed by atoms with E-state index < -0.39 is 18.1 Å². The monoisotopic (exact) mass is 443 g/mol. The first kappa shape index (κ1) is 23.5. The Balaban J connectivity index is 1.83. The number of rotatable bonds is 5. The minimum absolute atomic E-state index is 0.117. The maximum absolute atomic E-state index is 13.0. The third kappa shape index (κ3) is 6.68. The quantitative estimate of drug-likeness (QED) is 0.411. The fourth-order valence-corrected chi connectivity index (χ4v) is 3.54. The average molecular weight is 444 g/mol. The number of ether oxygens (including phenoxy) is 3. The lowest BCUT2D eigenvalue weighted by Crippen LogP contribution is -2.39. The van der Waals surface area contributed by atoms with Gasteiger partial charge in [0.1, 0.15) is 24.2 Å². The molecule has 172 valence electrons. The van der Waals surface area contributed by atoms with Gasteiger partial charge in [-0.15, -0.1) is 0 Å². The molecule has 0 aliphatic carbocycles. The van der Waals surface area contributed by atoms with Gasteiger partial charge in [-0.3, -0.25) is 14.8 Å². The highest BCUT2D eigenvalue weighted by Crippen LogP contribution is 2.27. The highest BCUT2D eigenvalue weighted by molar-refractivity contribution is 5.95. The lowest BCUT2D eigenvalue weighted by atomic mass is 10.0. The van der Waals surface area contributed by atoms with E-state index in [2.05, 4.69) is 11.4 Å². The number of aryl methyl sites for hydroxylation is 1. The van der Waals surface area contributed by atoms with Crippen LogP contribution in [0.4, 0.5) is 5.69 Å². The van der Waals surface area contributed by atoms with Crippen LogP contribution >= 0.6 is 0 Å². The maximum atomic E-state index is 13.0. The Morgan fingerprint density at radius 3 is 2.88 bits per heavy atom. The zero-order chi connectivity index (χ0) is 22.9. The SMILES string of the molecule is COc1cc2cc(c1)COc1ccccc1NC(=O)[C@H](C[C@@H](N)CC(=O)NO)OCCC2. The molecule has 5 N–H and O–H groups in total. The number of amides is 2. The summed E-state index contributed by atoms with van der Waals surface area (Å²) in [6, 6.07) is 12.4. The minimum Gasteiger partial charge on any atom is -0.497 e. The van der Waals surface area contributed by atoms with Gasteiger partial charge in [-0.2, -0.15) is 0 Å². The van der Waals surface area contributed by atoms with E-state index in [1.54, 1.807) is 30.8 Å². The summed E-state index contributed by atoms with van der Waals surface area (Å²) in [5.74, 6) is 0.274. The molecule has 3 rings (SSSR count). The number of carbonyl (C=O) groups excluding carboxylic acids is 2. The summed E-state index contributed by atoms with van der Waals surface area (Å²) in [5, 5.41) is 11.6. The van der Waals surface area contributed by atoms with Crippen LogP contribution in [0.15, 0.2) is 42.5 Å². The van der Waals surface area contributed by atoms with Crippen molar-refractivity contribution in [1.82, 2.24) is 5.48 Å². The van der Waals surface area contributed by atoms with Gasteiger partial charge in [0, 0.05) is 19.1 Å². The first-order valence-electron chi connectivity index (χ1n) is 10.5. The normalized spacial score (nSPS) is 17.7. The minimum atomic E-state index is -0.867. The predicted octanol–water partition coefficient (Wildman–Crippen LogP) is 2.16. The Kier molecular flexibility index (Phi) is 8.43. The molecule has 2 amide bonds. The van der Waals surface area contributed by atoms with E-state index in [4.69, 9.17) is 25.2 Å². The first-order chi connectivity index (χ1) is 15.5. The highest BCUT2D eigenvalue weighted by Gasteiger charge is 2.24. The van der Waals surface area contributed by atoms with Crippen molar-refractivity contribution in [1.29, 1.82) is 0 Å². The van der Waals surface area contributed by atoms with E-state index in [9.17, 15) is 9.59 Å². The van der Waals surface area contributed by atoms with E-state index in [1.807, 2.05) is 18.2 Å². The van der Waals surface area contributed by atoms with E-state index in [-0.39, 0.29) is 18.7 Å². The number of nitrogens with one attached hydrogen (secondary N) is 2. The van der Waals surface area contributed by atoms with Gasteiger partial charge >= 0.3 is 0 Å². The van der Waals surface area contributed by atoms with Crippen molar-refractivity contribution in [2.75, 3.05) is 19.0 Å². The number of para-hydroxylation sites is 2. The zero-order valence-electron chi connectivity index (χ0n) is 18.0. The van der Waals surface area contributed by atoms with E-state index in [1.165, 1.54) is 0 Å². The molecule has 1 aliphatic heterocycles. The van der Waals surface area contributed by atoms with Crippen molar-refractivity contribution in [2.45, 2.75) is 44.4 Å². The topological polar surface area (TPSA) is 132 Å². The van der Waals surface area contributed by atoms with Crippen LogP contribution in [-0.2, 0) is 27.4 Å². The predicted molar refractivity (Wildman–Crippen MR) is 118 cm³/mol. The molecule has 0 spiro atoms.